The van der Waals surface area contributed by atoms with Gasteiger partial charge in [-0.25, -0.2) is 8.78 Å². The van der Waals surface area contributed by atoms with Crippen LogP contribution in [0.25, 0.3) is 0 Å². The minimum atomic E-state index is -0.602. The number of rotatable bonds is 3. The van der Waals surface area contributed by atoms with Crippen molar-refractivity contribution < 1.29 is 8.78 Å². The van der Waals surface area contributed by atoms with Gasteiger partial charge >= 0.3 is 0 Å². The Morgan fingerprint density at radius 1 is 1.20 bits per heavy atom. The molecule has 0 bridgehead atoms. The van der Waals surface area contributed by atoms with Gasteiger partial charge in [-0.2, -0.15) is 0 Å². The Morgan fingerprint density at radius 3 is 2.30 bits per heavy atom. The first-order chi connectivity index (χ1) is 8.65. The molecule has 1 aliphatic heterocycles. The van der Waals surface area contributed by atoms with Gasteiger partial charge in [-0.15, -0.1) is 31.4 Å². The Kier molecular flexibility index (Phi) is 8.63. The lowest BCUT2D eigenvalue weighted by Crippen LogP contribution is -2.44. The summed E-state index contributed by atoms with van der Waals surface area (Å²) in [7, 11) is 0. The normalized spacial score (nSPS) is 16.8. The second-order valence-electron chi connectivity index (χ2n) is 4.22. The molecule has 1 aliphatic rings. The van der Waals surface area contributed by atoms with E-state index in [1.54, 1.807) is 6.08 Å². The average molecular weight is 346 g/mol. The molecule has 1 aromatic carbocycles. The van der Waals surface area contributed by atoms with Gasteiger partial charge in [0.05, 0.1) is 11.1 Å². The number of nitrogens with zero attached hydrogens (tertiary/aromatic N) is 1. The van der Waals surface area contributed by atoms with Crippen LogP contribution < -0.4 is 5.32 Å². The number of nitrogens with one attached hydrogen (secondary N) is 1. The van der Waals surface area contributed by atoms with Crippen molar-refractivity contribution in [3.05, 3.63) is 47.0 Å². The van der Waals surface area contributed by atoms with E-state index in [9.17, 15) is 8.78 Å². The van der Waals surface area contributed by atoms with Crippen LogP contribution in [0.15, 0.2) is 24.8 Å². The number of piperazine rings is 1. The molecule has 0 saturated carbocycles. The maximum atomic E-state index is 13.9. The molecule has 114 valence electrons. The minimum Gasteiger partial charge on any atom is -0.314 e. The molecule has 0 aromatic heterocycles. The first-order valence-electron chi connectivity index (χ1n) is 5.86. The van der Waals surface area contributed by atoms with Gasteiger partial charge in [-0.05, 0) is 12.1 Å². The topological polar surface area (TPSA) is 15.3 Å². The fraction of sp³-hybridized carbons (Fsp3) is 0.385. The Balaban J connectivity index is 0.00000180. The van der Waals surface area contributed by atoms with Crippen molar-refractivity contribution in [3.8, 4) is 0 Å². The second-order valence-corrected chi connectivity index (χ2v) is 4.60. The quantitative estimate of drug-likeness (QED) is 0.665. The summed E-state index contributed by atoms with van der Waals surface area (Å²) in [6.07, 6.45) is 1.61. The number of halogens is 5. The molecule has 0 aliphatic carbocycles. The summed E-state index contributed by atoms with van der Waals surface area (Å²) >= 11 is 5.89. The number of hydrogen-bond donors (Lipinski definition) is 1. The molecule has 0 amide bonds. The summed E-state index contributed by atoms with van der Waals surface area (Å²) in [5.41, 5.74) is 0.175. The highest BCUT2D eigenvalue weighted by atomic mass is 35.5. The molecule has 1 N–H and O–H groups in total. The van der Waals surface area contributed by atoms with Gasteiger partial charge in [0.15, 0.2) is 0 Å². The van der Waals surface area contributed by atoms with Crippen molar-refractivity contribution in [1.29, 1.82) is 0 Å². The molecule has 7 heteroatoms. The van der Waals surface area contributed by atoms with Crippen molar-refractivity contribution in [2.24, 2.45) is 0 Å². The van der Waals surface area contributed by atoms with E-state index in [-0.39, 0.29) is 35.4 Å². The van der Waals surface area contributed by atoms with Gasteiger partial charge < -0.3 is 5.32 Å². The fourth-order valence-electron chi connectivity index (χ4n) is 2.22. The Hall–Kier alpha value is -0.390. The van der Waals surface area contributed by atoms with Gasteiger partial charge in [-0.1, -0.05) is 17.7 Å². The van der Waals surface area contributed by atoms with E-state index < -0.39 is 17.7 Å². The number of benzene rings is 1. The third-order valence-electron chi connectivity index (χ3n) is 3.14. The summed E-state index contributed by atoms with van der Waals surface area (Å²) in [6.45, 7) is 6.86. The summed E-state index contributed by atoms with van der Waals surface area (Å²) < 4.78 is 27.3. The molecule has 20 heavy (non-hydrogen) atoms. The summed E-state index contributed by atoms with van der Waals surface area (Å²) in [4.78, 5) is 2.03. The molecular weight excluding hydrogens is 329 g/mol. The van der Waals surface area contributed by atoms with E-state index in [0.29, 0.717) is 0 Å². The lowest BCUT2D eigenvalue weighted by molar-refractivity contribution is 0.200. The maximum Gasteiger partial charge on any atom is 0.142 e. The van der Waals surface area contributed by atoms with E-state index in [1.807, 2.05) is 4.90 Å². The van der Waals surface area contributed by atoms with Crippen LogP contribution in [0.1, 0.15) is 11.6 Å². The van der Waals surface area contributed by atoms with Gasteiger partial charge in [0.1, 0.15) is 11.6 Å². The molecule has 0 radical (unpaired) electrons. The maximum absolute atomic E-state index is 13.9. The molecule has 0 spiro atoms. The van der Waals surface area contributed by atoms with E-state index in [1.165, 1.54) is 0 Å². The largest absolute Gasteiger partial charge is 0.314 e. The standard InChI is InChI=1S/C13H15ClF2N2.2ClH/c1-2-11(18-7-5-17-6-8-18)12-9(15)3-4-10(16)13(12)14;;/h2-4,11,17H,1,5-8H2;2*1H/t11-;;/m1../s1. The molecule has 2 nitrogen and oxygen atoms in total. The Bertz CT molecular complexity index is 451. The molecule has 0 unspecified atom stereocenters. The predicted molar refractivity (Wildman–Crippen MR) is 83.2 cm³/mol. The van der Waals surface area contributed by atoms with Crippen LogP contribution in [0.2, 0.25) is 5.02 Å². The van der Waals surface area contributed by atoms with Gasteiger partial charge in [0.2, 0.25) is 0 Å². The summed E-state index contributed by atoms with van der Waals surface area (Å²) in [5, 5.41) is 3.05. The van der Waals surface area contributed by atoms with Crippen LogP contribution in [0.4, 0.5) is 8.78 Å². The third kappa shape index (κ3) is 4.06. The van der Waals surface area contributed by atoms with E-state index in [2.05, 4.69) is 11.9 Å². The minimum absolute atomic E-state index is 0. The lowest BCUT2D eigenvalue weighted by Gasteiger charge is -2.34. The predicted octanol–water partition coefficient (Wildman–Crippen LogP) is 3.59. The fourth-order valence-corrected chi connectivity index (χ4v) is 2.49. The van der Waals surface area contributed by atoms with Crippen LogP contribution in [0, 0.1) is 11.6 Å². The second kappa shape index (κ2) is 8.80. The molecule has 1 heterocycles. The molecule has 1 fully saturated rings. The zero-order valence-corrected chi connectivity index (χ0v) is 13.1. The Morgan fingerprint density at radius 2 is 1.75 bits per heavy atom. The molecule has 1 aromatic rings. The van der Waals surface area contributed by atoms with Gasteiger partial charge in [0.25, 0.3) is 0 Å². The molecule has 1 atom stereocenters. The van der Waals surface area contributed by atoms with Crippen molar-refractivity contribution in [3.63, 3.8) is 0 Å². The van der Waals surface area contributed by atoms with Gasteiger partial charge in [0, 0.05) is 31.7 Å². The zero-order valence-electron chi connectivity index (χ0n) is 10.7. The molecule has 2 rings (SSSR count). The van der Waals surface area contributed by atoms with E-state index in [4.69, 9.17) is 11.6 Å². The van der Waals surface area contributed by atoms with Crippen LogP contribution in [0.5, 0.6) is 0 Å². The smallest absolute Gasteiger partial charge is 0.142 e. The highest BCUT2D eigenvalue weighted by Gasteiger charge is 2.25. The van der Waals surface area contributed by atoms with Crippen LogP contribution in [-0.2, 0) is 0 Å². The van der Waals surface area contributed by atoms with E-state index in [0.717, 1.165) is 38.3 Å². The van der Waals surface area contributed by atoms with Crippen LogP contribution in [0.3, 0.4) is 0 Å². The van der Waals surface area contributed by atoms with E-state index >= 15 is 0 Å². The first-order valence-corrected chi connectivity index (χ1v) is 6.23. The average Bonchev–Trinajstić information content (AvgIpc) is 2.40. The SMILES string of the molecule is C=C[C@H](c1c(F)ccc(F)c1Cl)N1CCNCC1.Cl.Cl. The lowest BCUT2D eigenvalue weighted by atomic mass is 10.0. The van der Waals surface area contributed by atoms with Crippen molar-refractivity contribution in [2.75, 3.05) is 26.2 Å². The molecule has 1 saturated heterocycles. The summed E-state index contributed by atoms with van der Waals surface area (Å²) in [5.74, 6) is -1.10. The van der Waals surface area contributed by atoms with Crippen molar-refractivity contribution in [1.82, 2.24) is 10.2 Å². The highest BCUT2D eigenvalue weighted by Crippen LogP contribution is 2.32. The Labute approximate surface area is 135 Å². The van der Waals surface area contributed by atoms with Crippen LogP contribution >= 0.6 is 36.4 Å². The highest BCUT2D eigenvalue weighted by molar-refractivity contribution is 6.31. The zero-order chi connectivity index (χ0) is 13.1. The monoisotopic (exact) mass is 344 g/mol. The van der Waals surface area contributed by atoms with Crippen molar-refractivity contribution >= 4 is 36.4 Å². The van der Waals surface area contributed by atoms with Crippen molar-refractivity contribution in [2.45, 2.75) is 6.04 Å². The molecular formula is C13H17Cl3F2N2. The first kappa shape index (κ1) is 19.6. The summed E-state index contributed by atoms with van der Waals surface area (Å²) in [6, 6.07) is 1.75. The van der Waals surface area contributed by atoms with Crippen LogP contribution in [-0.4, -0.2) is 31.1 Å². The van der Waals surface area contributed by atoms with Gasteiger partial charge in [-0.3, -0.25) is 4.90 Å². The third-order valence-corrected chi connectivity index (χ3v) is 3.53. The number of hydrogen-bond acceptors (Lipinski definition) is 2.